The van der Waals surface area contributed by atoms with Gasteiger partial charge < -0.3 is 10.6 Å². The molecular formula is C19H16F3N5O2. The molecule has 0 saturated carbocycles. The van der Waals surface area contributed by atoms with Gasteiger partial charge in [-0.2, -0.15) is 5.10 Å². The molecule has 29 heavy (non-hydrogen) atoms. The Labute approximate surface area is 163 Å². The van der Waals surface area contributed by atoms with Crippen molar-refractivity contribution in [2.45, 2.75) is 13.3 Å². The highest BCUT2D eigenvalue weighted by molar-refractivity contribution is 5.99. The van der Waals surface area contributed by atoms with Crippen LogP contribution in [0.5, 0.6) is 0 Å². The molecule has 1 heterocycles. The number of carbonyl (C=O) groups excluding carboxylic acids is 2. The van der Waals surface area contributed by atoms with E-state index in [0.717, 1.165) is 11.9 Å². The highest BCUT2D eigenvalue weighted by Gasteiger charge is 2.16. The molecule has 0 spiro atoms. The Morgan fingerprint density at radius 1 is 1.03 bits per heavy atom. The number of nitrogens with zero attached hydrogens (tertiary/aromatic N) is 2. The number of rotatable bonds is 6. The van der Waals surface area contributed by atoms with Crippen molar-refractivity contribution in [2.24, 2.45) is 0 Å². The molecule has 1 aromatic heterocycles. The topological polar surface area (TPSA) is 99.8 Å². The van der Waals surface area contributed by atoms with Crippen molar-refractivity contribution in [3.63, 3.8) is 0 Å². The monoisotopic (exact) mass is 403 g/mol. The lowest BCUT2D eigenvalue weighted by Gasteiger charge is -2.08. The number of aryl methyl sites for hydroxylation is 1. The summed E-state index contributed by atoms with van der Waals surface area (Å²) in [6, 6.07) is 7.98. The predicted molar refractivity (Wildman–Crippen MR) is 98.5 cm³/mol. The van der Waals surface area contributed by atoms with Crippen molar-refractivity contribution < 1.29 is 22.8 Å². The number of hydrogen-bond donors (Lipinski definition) is 3. The van der Waals surface area contributed by atoms with E-state index in [-0.39, 0.29) is 5.56 Å². The number of hydrogen-bond acceptors (Lipinski definition) is 4. The number of nitrogens with one attached hydrogen (secondary N) is 3. The van der Waals surface area contributed by atoms with Crippen molar-refractivity contribution in [2.75, 3.05) is 11.9 Å². The minimum atomic E-state index is -1.69. The van der Waals surface area contributed by atoms with E-state index in [1.807, 2.05) is 6.92 Å². The van der Waals surface area contributed by atoms with Crippen LogP contribution in [0.3, 0.4) is 0 Å². The summed E-state index contributed by atoms with van der Waals surface area (Å²) >= 11 is 0. The summed E-state index contributed by atoms with van der Waals surface area (Å²) < 4.78 is 39.6. The van der Waals surface area contributed by atoms with Gasteiger partial charge in [0.1, 0.15) is 5.82 Å². The van der Waals surface area contributed by atoms with E-state index in [1.54, 1.807) is 24.3 Å². The van der Waals surface area contributed by atoms with Crippen molar-refractivity contribution in [3.05, 3.63) is 65.2 Å². The molecule has 0 unspecified atom stereocenters. The molecule has 150 valence electrons. The van der Waals surface area contributed by atoms with Crippen molar-refractivity contribution in [1.82, 2.24) is 20.5 Å². The zero-order chi connectivity index (χ0) is 21.0. The summed E-state index contributed by atoms with van der Waals surface area (Å²) in [4.78, 5) is 28.3. The van der Waals surface area contributed by atoms with Gasteiger partial charge >= 0.3 is 0 Å². The average Bonchev–Trinajstić information content (AvgIpc) is 3.22. The fraction of sp³-hybridized carbons (Fsp3) is 0.158. The first kappa shape index (κ1) is 20.1. The molecule has 7 nitrogen and oxygen atoms in total. The summed E-state index contributed by atoms with van der Waals surface area (Å²) in [6.07, 6.45) is 0.712. The second-order valence-electron chi connectivity index (χ2n) is 5.99. The molecule has 3 N–H and O–H groups in total. The Morgan fingerprint density at radius 3 is 2.41 bits per heavy atom. The fourth-order valence-electron chi connectivity index (χ4n) is 2.43. The highest BCUT2D eigenvalue weighted by atomic mass is 19.2. The van der Waals surface area contributed by atoms with E-state index in [9.17, 15) is 22.8 Å². The van der Waals surface area contributed by atoms with Crippen molar-refractivity contribution >= 4 is 17.5 Å². The Hall–Kier alpha value is -3.69. The number of aromatic amines is 1. The maximum atomic E-state index is 13.6. The number of amides is 2. The van der Waals surface area contributed by atoms with Crippen LogP contribution in [0.4, 0.5) is 18.9 Å². The van der Waals surface area contributed by atoms with Crippen molar-refractivity contribution in [3.8, 4) is 11.4 Å². The third-order valence-electron chi connectivity index (χ3n) is 3.99. The number of carbonyl (C=O) groups is 2. The molecule has 0 aliphatic heterocycles. The Morgan fingerprint density at radius 2 is 1.76 bits per heavy atom. The van der Waals surface area contributed by atoms with E-state index in [2.05, 4.69) is 25.8 Å². The summed E-state index contributed by atoms with van der Waals surface area (Å²) in [6.45, 7) is 1.45. The minimum absolute atomic E-state index is 0.284. The summed E-state index contributed by atoms with van der Waals surface area (Å²) in [5.41, 5.74) is 0.473. The molecule has 2 amide bonds. The summed E-state index contributed by atoms with van der Waals surface area (Å²) in [7, 11) is 0. The van der Waals surface area contributed by atoms with Gasteiger partial charge in [-0.15, -0.1) is 0 Å². The van der Waals surface area contributed by atoms with E-state index in [4.69, 9.17) is 0 Å². The standard InChI is InChI=1S/C19H16F3N5O2/c1-2-14-25-18(27-26-14)10-3-5-11(6-4-10)19(29)23-9-15(28)24-13-8-7-12(20)16(21)17(13)22/h3-8H,2,9H2,1H3,(H,23,29)(H,24,28)(H,25,26,27). The normalized spacial score (nSPS) is 10.6. The quantitative estimate of drug-likeness (QED) is 0.551. The first-order chi connectivity index (χ1) is 13.9. The van der Waals surface area contributed by atoms with Gasteiger partial charge in [0.2, 0.25) is 5.91 Å². The molecular weight excluding hydrogens is 387 g/mol. The average molecular weight is 403 g/mol. The van der Waals surface area contributed by atoms with Crippen LogP contribution in [0.15, 0.2) is 36.4 Å². The smallest absolute Gasteiger partial charge is 0.251 e. The van der Waals surface area contributed by atoms with Crippen LogP contribution >= 0.6 is 0 Å². The van der Waals surface area contributed by atoms with Crippen LogP contribution in [0.25, 0.3) is 11.4 Å². The van der Waals surface area contributed by atoms with Gasteiger partial charge in [-0.3, -0.25) is 14.7 Å². The van der Waals surface area contributed by atoms with Gasteiger partial charge in [0.25, 0.3) is 5.91 Å². The van der Waals surface area contributed by atoms with E-state index in [0.29, 0.717) is 23.9 Å². The number of benzene rings is 2. The zero-order valence-electron chi connectivity index (χ0n) is 15.2. The minimum Gasteiger partial charge on any atom is -0.343 e. The maximum Gasteiger partial charge on any atom is 0.251 e. The number of aromatic nitrogens is 3. The van der Waals surface area contributed by atoms with Gasteiger partial charge in [0, 0.05) is 17.5 Å². The Bertz CT molecular complexity index is 1050. The SMILES string of the molecule is CCc1nc(-c2ccc(C(=O)NCC(=O)Nc3ccc(F)c(F)c3F)cc2)n[nH]1. The Kier molecular flexibility index (Phi) is 5.91. The molecule has 10 heteroatoms. The van der Waals surface area contributed by atoms with E-state index < -0.39 is 41.5 Å². The third kappa shape index (κ3) is 4.60. The molecule has 0 bridgehead atoms. The lowest BCUT2D eigenvalue weighted by atomic mass is 10.1. The maximum absolute atomic E-state index is 13.6. The Balaban J connectivity index is 1.57. The molecule has 0 fully saturated rings. The van der Waals surface area contributed by atoms with Gasteiger partial charge in [0.05, 0.1) is 12.2 Å². The molecule has 0 atom stereocenters. The fourth-order valence-corrected chi connectivity index (χ4v) is 2.43. The van der Waals surface area contributed by atoms with Crippen LogP contribution in [0.2, 0.25) is 0 Å². The molecule has 0 radical (unpaired) electrons. The number of anilines is 1. The highest BCUT2D eigenvalue weighted by Crippen LogP contribution is 2.19. The van der Waals surface area contributed by atoms with Crippen LogP contribution < -0.4 is 10.6 Å². The van der Waals surface area contributed by atoms with Gasteiger partial charge in [-0.1, -0.05) is 19.1 Å². The lowest BCUT2D eigenvalue weighted by molar-refractivity contribution is -0.115. The van der Waals surface area contributed by atoms with Gasteiger partial charge in [0.15, 0.2) is 23.3 Å². The van der Waals surface area contributed by atoms with Crippen LogP contribution in [0.1, 0.15) is 23.1 Å². The van der Waals surface area contributed by atoms with E-state index >= 15 is 0 Å². The number of halogens is 3. The van der Waals surface area contributed by atoms with Gasteiger partial charge in [-0.05, 0) is 24.3 Å². The first-order valence-corrected chi connectivity index (χ1v) is 8.62. The number of H-pyrrole nitrogens is 1. The lowest BCUT2D eigenvalue weighted by Crippen LogP contribution is -2.33. The molecule has 0 aliphatic rings. The second kappa shape index (κ2) is 8.55. The van der Waals surface area contributed by atoms with Crippen molar-refractivity contribution in [1.29, 1.82) is 0 Å². The molecule has 2 aromatic carbocycles. The molecule has 0 saturated heterocycles. The molecule has 3 aromatic rings. The summed E-state index contributed by atoms with van der Waals surface area (Å²) in [5.74, 6) is -4.67. The molecule has 3 rings (SSSR count). The largest absolute Gasteiger partial charge is 0.343 e. The van der Waals surface area contributed by atoms with E-state index in [1.165, 1.54) is 0 Å². The third-order valence-corrected chi connectivity index (χ3v) is 3.99. The molecule has 0 aliphatic carbocycles. The first-order valence-electron chi connectivity index (χ1n) is 8.62. The van der Waals surface area contributed by atoms with Crippen LogP contribution in [-0.4, -0.2) is 33.5 Å². The van der Waals surface area contributed by atoms with Gasteiger partial charge in [-0.25, -0.2) is 18.2 Å². The van der Waals surface area contributed by atoms with Crippen LogP contribution in [-0.2, 0) is 11.2 Å². The predicted octanol–water partition coefficient (Wildman–Crippen LogP) is 2.82. The second-order valence-corrected chi connectivity index (χ2v) is 5.99. The van der Waals surface area contributed by atoms with Crippen LogP contribution in [0, 0.1) is 17.5 Å². The zero-order valence-corrected chi connectivity index (χ0v) is 15.2. The summed E-state index contributed by atoms with van der Waals surface area (Å²) in [5, 5.41) is 11.3.